The van der Waals surface area contributed by atoms with E-state index < -0.39 is 5.97 Å². The van der Waals surface area contributed by atoms with Crippen molar-refractivity contribution < 1.29 is 9.90 Å². The maximum atomic E-state index is 10.5. The first-order valence-corrected chi connectivity index (χ1v) is 6.61. The van der Waals surface area contributed by atoms with E-state index in [4.69, 9.17) is 5.11 Å². The zero-order chi connectivity index (χ0) is 12.1. The molecule has 0 atom stereocenters. The van der Waals surface area contributed by atoms with Crippen molar-refractivity contribution >= 4 is 29.6 Å². The third-order valence-corrected chi connectivity index (χ3v) is 3.48. The van der Waals surface area contributed by atoms with E-state index in [1.807, 2.05) is 23.9 Å². The summed E-state index contributed by atoms with van der Waals surface area (Å²) >= 11 is 1.94. The second-order valence-electron chi connectivity index (χ2n) is 3.69. The zero-order valence-corrected chi connectivity index (χ0v) is 10.2. The highest BCUT2D eigenvalue weighted by molar-refractivity contribution is 7.99. The van der Waals surface area contributed by atoms with Gasteiger partial charge in [0.2, 0.25) is 0 Å². The molecule has 17 heavy (non-hydrogen) atoms. The van der Waals surface area contributed by atoms with Gasteiger partial charge >= 0.3 is 5.97 Å². The topological polar surface area (TPSA) is 53.4 Å². The van der Waals surface area contributed by atoms with Crippen LogP contribution in [0.15, 0.2) is 24.4 Å². The normalized spacial score (nSPS) is 16.4. The number of aliphatic carboxylic acids is 1. The van der Waals surface area contributed by atoms with Crippen LogP contribution in [0.25, 0.3) is 6.08 Å². The molecule has 0 spiro atoms. The van der Waals surface area contributed by atoms with Crippen LogP contribution in [0.1, 0.15) is 5.56 Å². The van der Waals surface area contributed by atoms with Gasteiger partial charge in [0.05, 0.1) is 0 Å². The molecule has 0 aromatic carbocycles. The van der Waals surface area contributed by atoms with Crippen LogP contribution in [-0.2, 0) is 4.79 Å². The summed E-state index contributed by atoms with van der Waals surface area (Å²) < 4.78 is 0. The number of carboxylic acid groups (broad SMARTS) is 1. The van der Waals surface area contributed by atoms with Gasteiger partial charge in [-0.3, -0.25) is 0 Å². The lowest BCUT2D eigenvalue weighted by Crippen LogP contribution is -2.33. The van der Waals surface area contributed by atoms with Crippen LogP contribution >= 0.6 is 11.8 Å². The number of rotatable bonds is 3. The van der Waals surface area contributed by atoms with Crippen molar-refractivity contribution in [3.8, 4) is 0 Å². The molecule has 2 rings (SSSR count). The fraction of sp³-hybridized carbons (Fsp3) is 0.333. The Balaban J connectivity index is 2.23. The number of aromatic nitrogens is 1. The fourth-order valence-electron chi connectivity index (χ4n) is 1.74. The van der Waals surface area contributed by atoms with Gasteiger partial charge in [0.1, 0.15) is 5.82 Å². The molecule has 0 radical (unpaired) electrons. The van der Waals surface area contributed by atoms with E-state index in [9.17, 15) is 4.79 Å². The lowest BCUT2D eigenvalue weighted by molar-refractivity contribution is -0.131. The molecule has 0 bridgehead atoms. The van der Waals surface area contributed by atoms with Crippen LogP contribution in [0.3, 0.4) is 0 Å². The summed E-state index contributed by atoms with van der Waals surface area (Å²) in [6, 6.07) is 3.72. The van der Waals surface area contributed by atoms with Gasteiger partial charge in [-0.25, -0.2) is 9.78 Å². The molecule has 1 saturated heterocycles. The highest BCUT2D eigenvalue weighted by Crippen LogP contribution is 2.22. The minimum Gasteiger partial charge on any atom is -0.478 e. The van der Waals surface area contributed by atoms with Crippen molar-refractivity contribution in [2.75, 3.05) is 29.5 Å². The number of hydrogen-bond acceptors (Lipinski definition) is 4. The molecular weight excluding hydrogens is 236 g/mol. The van der Waals surface area contributed by atoms with Crippen LogP contribution in [0.4, 0.5) is 5.82 Å². The number of hydrogen-bond donors (Lipinski definition) is 1. The Morgan fingerprint density at radius 2 is 2.24 bits per heavy atom. The lowest BCUT2D eigenvalue weighted by atomic mass is 10.2. The number of thioether (sulfide) groups is 1. The van der Waals surface area contributed by atoms with E-state index in [2.05, 4.69) is 9.88 Å². The van der Waals surface area contributed by atoms with Gasteiger partial charge in [-0.05, 0) is 18.2 Å². The minimum absolute atomic E-state index is 0.863. The van der Waals surface area contributed by atoms with Crippen LogP contribution in [0.2, 0.25) is 0 Å². The fourth-order valence-corrected chi connectivity index (χ4v) is 2.64. The highest BCUT2D eigenvalue weighted by Gasteiger charge is 2.14. The molecule has 0 unspecified atom stereocenters. The number of nitrogens with zero attached hydrogens (tertiary/aromatic N) is 2. The molecule has 4 nitrogen and oxygen atoms in total. The molecule has 1 aliphatic heterocycles. The third-order valence-electron chi connectivity index (χ3n) is 2.53. The largest absolute Gasteiger partial charge is 0.478 e. The second kappa shape index (κ2) is 5.72. The lowest BCUT2D eigenvalue weighted by Gasteiger charge is -2.28. The molecule has 90 valence electrons. The van der Waals surface area contributed by atoms with E-state index in [1.165, 1.54) is 0 Å². The third kappa shape index (κ3) is 3.23. The molecule has 0 aliphatic carbocycles. The van der Waals surface area contributed by atoms with Gasteiger partial charge in [0.15, 0.2) is 0 Å². The van der Waals surface area contributed by atoms with Crippen molar-refractivity contribution in [2.45, 2.75) is 0 Å². The Kier molecular flexibility index (Phi) is 4.03. The summed E-state index contributed by atoms with van der Waals surface area (Å²) in [7, 11) is 0. The molecule has 0 saturated carbocycles. The summed E-state index contributed by atoms with van der Waals surface area (Å²) in [6.45, 7) is 1.94. The van der Waals surface area contributed by atoms with Crippen molar-refractivity contribution in [3.63, 3.8) is 0 Å². The smallest absolute Gasteiger partial charge is 0.328 e. The molecule has 0 amide bonds. The monoisotopic (exact) mass is 250 g/mol. The first kappa shape index (κ1) is 12.0. The van der Waals surface area contributed by atoms with Crippen LogP contribution in [0.5, 0.6) is 0 Å². The van der Waals surface area contributed by atoms with Gasteiger partial charge < -0.3 is 10.0 Å². The van der Waals surface area contributed by atoms with E-state index in [-0.39, 0.29) is 0 Å². The molecule has 1 aromatic heterocycles. The summed E-state index contributed by atoms with van der Waals surface area (Å²) in [5, 5.41) is 8.65. The van der Waals surface area contributed by atoms with Gasteiger partial charge in [-0.15, -0.1) is 0 Å². The Bertz CT molecular complexity index is 428. The number of pyridine rings is 1. The SMILES string of the molecule is O=C(O)/C=C/c1cccnc1N1CCSCC1. The standard InChI is InChI=1S/C12H14N2O2S/c15-11(16)4-3-10-2-1-5-13-12(10)14-6-8-17-9-7-14/h1-5H,6-9H2,(H,15,16)/b4-3+. The predicted octanol–water partition coefficient (Wildman–Crippen LogP) is 1.73. The number of anilines is 1. The van der Waals surface area contributed by atoms with Crippen molar-refractivity contribution in [2.24, 2.45) is 0 Å². The second-order valence-corrected chi connectivity index (χ2v) is 4.91. The van der Waals surface area contributed by atoms with Crippen LogP contribution in [-0.4, -0.2) is 40.7 Å². The van der Waals surface area contributed by atoms with E-state index in [0.717, 1.165) is 42.1 Å². The van der Waals surface area contributed by atoms with Crippen molar-refractivity contribution in [1.29, 1.82) is 0 Å². The Labute approximate surface area is 104 Å². The predicted molar refractivity (Wildman–Crippen MR) is 70.4 cm³/mol. The number of carbonyl (C=O) groups is 1. The summed E-state index contributed by atoms with van der Waals surface area (Å²) in [6.07, 6.45) is 4.50. The minimum atomic E-state index is -0.936. The molecule has 2 heterocycles. The maximum absolute atomic E-state index is 10.5. The Morgan fingerprint density at radius 1 is 1.47 bits per heavy atom. The Hall–Kier alpha value is -1.49. The molecule has 1 aromatic rings. The number of carboxylic acids is 1. The van der Waals surface area contributed by atoms with Gasteiger partial charge in [0, 0.05) is 42.4 Å². The molecule has 1 N–H and O–H groups in total. The van der Waals surface area contributed by atoms with Crippen LogP contribution in [0, 0.1) is 0 Å². The van der Waals surface area contributed by atoms with E-state index in [0.29, 0.717) is 0 Å². The summed E-state index contributed by atoms with van der Waals surface area (Å²) in [5.74, 6) is 2.14. The van der Waals surface area contributed by atoms with E-state index >= 15 is 0 Å². The molecule has 1 aliphatic rings. The quantitative estimate of drug-likeness (QED) is 0.828. The molecular formula is C12H14N2O2S. The van der Waals surface area contributed by atoms with Gasteiger partial charge in [0.25, 0.3) is 0 Å². The van der Waals surface area contributed by atoms with E-state index in [1.54, 1.807) is 12.3 Å². The maximum Gasteiger partial charge on any atom is 0.328 e. The van der Waals surface area contributed by atoms with Crippen molar-refractivity contribution in [3.05, 3.63) is 30.0 Å². The first-order valence-electron chi connectivity index (χ1n) is 5.46. The zero-order valence-electron chi connectivity index (χ0n) is 9.37. The van der Waals surface area contributed by atoms with Gasteiger partial charge in [-0.1, -0.05) is 0 Å². The van der Waals surface area contributed by atoms with Crippen molar-refractivity contribution in [1.82, 2.24) is 4.98 Å². The van der Waals surface area contributed by atoms with Crippen LogP contribution < -0.4 is 4.90 Å². The Morgan fingerprint density at radius 3 is 2.94 bits per heavy atom. The summed E-state index contributed by atoms with van der Waals surface area (Å²) in [5.41, 5.74) is 0.863. The average Bonchev–Trinajstić information content (AvgIpc) is 2.38. The highest BCUT2D eigenvalue weighted by atomic mass is 32.2. The molecule has 5 heteroatoms. The molecule has 1 fully saturated rings. The van der Waals surface area contributed by atoms with Gasteiger partial charge in [-0.2, -0.15) is 11.8 Å². The summed E-state index contributed by atoms with van der Waals surface area (Å²) in [4.78, 5) is 17.1. The average molecular weight is 250 g/mol. The first-order chi connectivity index (χ1) is 8.27.